The zero-order valence-corrected chi connectivity index (χ0v) is 14.8. The summed E-state index contributed by atoms with van der Waals surface area (Å²) in [5.74, 6) is 2.08. The van der Waals surface area contributed by atoms with Gasteiger partial charge < -0.3 is 20.1 Å². The average Bonchev–Trinajstić information content (AvgIpc) is 2.92. The summed E-state index contributed by atoms with van der Waals surface area (Å²) in [6.07, 6.45) is 7.40. The van der Waals surface area contributed by atoms with Gasteiger partial charge in [-0.15, -0.1) is 11.8 Å². The van der Waals surface area contributed by atoms with Crippen LogP contribution in [0.25, 0.3) is 0 Å². The summed E-state index contributed by atoms with van der Waals surface area (Å²) in [6, 6.07) is 5.10. The molecule has 24 heavy (non-hydrogen) atoms. The molecule has 0 spiro atoms. The molecule has 4 rings (SSSR count). The first-order valence-corrected chi connectivity index (χ1v) is 9.97. The molecule has 0 radical (unpaired) electrons. The first-order chi connectivity index (χ1) is 11.7. The van der Waals surface area contributed by atoms with Gasteiger partial charge in [-0.3, -0.25) is 4.79 Å². The highest BCUT2D eigenvalue weighted by atomic mass is 32.2. The highest BCUT2D eigenvalue weighted by molar-refractivity contribution is 7.98. The van der Waals surface area contributed by atoms with Gasteiger partial charge in [0.2, 0.25) is 5.91 Å². The molecule has 3 heterocycles. The standard InChI is InChI=1S/C18H24N2O3S/c1-24-17-10-16-15(22-4-5-23-16)9-14(17)20-18(21)8-11-6-12-2-3-13(7-11)19-12/h9-13,19H,2-8H2,1H3,(H,20,21). The lowest BCUT2D eigenvalue weighted by molar-refractivity contribution is -0.117. The number of thioether (sulfide) groups is 1. The Kier molecular flexibility index (Phi) is 4.59. The Hall–Kier alpha value is -1.40. The Morgan fingerprint density at radius 1 is 1.21 bits per heavy atom. The van der Waals surface area contributed by atoms with E-state index < -0.39 is 0 Å². The fourth-order valence-corrected chi connectivity index (χ4v) is 4.70. The van der Waals surface area contributed by atoms with Crippen LogP contribution in [0.5, 0.6) is 11.5 Å². The third kappa shape index (κ3) is 3.35. The van der Waals surface area contributed by atoms with Crippen LogP contribution in [0.2, 0.25) is 0 Å². The van der Waals surface area contributed by atoms with Gasteiger partial charge >= 0.3 is 0 Å². The molecule has 2 N–H and O–H groups in total. The Bertz CT molecular complexity index is 625. The van der Waals surface area contributed by atoms with Gasteiger partial charge in [-0.05, 0) is 43.9 Å². The monoisotopic (exact) mass is 348 g/mol. The van der Waals surface area contributed by atoms with Crippen LogP contribution in [-0.2, 0) is 4.79 Å². The largest absolute Gasteiger partial charge is 0.486 e. The predicted molar refractivity (Wildman–Crippen MR) is 95.1 cm³/mol. The van der Waals surface area contributed by atoms with Gasteiger partial charge in [-0.2, -0.15) is 0 Å². The number of amides is 1. The Morgan fingerprint density at radius 3 is 2.54 bits per heavy atom. The third-order valence-corrected chi connectivity index (χ3v) is 5.96. The zero-order chi connectivity index (χ0) is 16.5. The smallest absolute Gasteiger partial charge is 0.224 e. The lowest BCUT2D eigenvalue weighted by atomic mass is 9.89. The topological polar surface area (TPSA) is 59.6 Å². The van der Waals surface area contributed by atoms with E-state index in [4.69, 9.17) is 9.47 Å². The summed E-state index contributed by atoms with van der Waals surface area (Å²) in [6.45, 7) is 1.13. The minimum absolute atomic E-state index is 0.105. The maximum Gasteiger partial charge on any atom is 0.224 e. The first kappa shape index (κ1) is 16.1. The van der Waals surface area contributed by atoms with E-state index in [0.29, 0.717) is 43.4 Å². The van der Waals surface area contributed by atoms with Crippen LogP contribution < -0.4 is 20.1 Å². The summed E-state index contributed by atoms with van der Waals surface area (Å²) >= 11 is 1.61. The number of rotatable bonds is 4. The number of carbonyl (C=O) groups is 1. The molecular weight excluding hydrogens is 324 g/mol. The summed E-state index contributed by atoms with van der Waals surface area (Å²) in [7, 11) is 0. The number of ether oxygens (including phenoxy) is 2. The van der Waals surface area contributed by atoms with E-state index in [1.54, 1.807) is 11.8 Å². The van der Waals surface area contributed by atoms with Crippen molar-refractivity contribution in [2.75, 3.05) is 24.8 Å². The van der Waals surface area contributed by atoms with Crippen molar-refractivity contribution in [3.63, 3.8) is 0 Å². The van der Waals surface area contributed by atoms with Gasteiger partial charge in [-0.1, -0.05) is 0 Å². The second-order valence-electron chi connectivity index (χ2n) is 6.92. The first-order valence-electron chi connectivity index (χ1n) is 8.75. The highest BCUT2D eigenvalue weighted by Crippen LogP contribution is 2.39. The minimum atomic E-state index is 0.105. The molecule has 1 aromatic rings. The van der Waals surface area contributed by atoms with Gasteiger partial charge in [0.15, 0.2) is 11.5 Å². The van der Waals surface area contributed by atoms with Crippen molar-refractivity contribution in [2.45, 2.75) is 49.1 Å². The maximum absolute atomic E-state index is 12.5. The third-order valence-electron chi connectivity index (χ3n) is 5.18. The summed E-state index contributed by atoms with van der Waals surface area (Å²) in [4.78, 5) is 13.5. The van der Waals surface area contributed by atoms with Crippen molar-refractivity contribution in [1.29, 1.82) is 0 Å². The number of nitrogens with one attached hydrogen (secondary N) is 2. The average molecular weight is 348 g/mol. The van der Waals surface area contributed by atoms with E-state index in [1.807, 2.05) is 18.4 Å². The molecule has 0 aliphatic carbocycles. The lowest BCUT2D eigenvalue weighted by Crippen LogP contribution is -2.39. The van der Waals surface area contributed by atoms with Crippen molar-refractivity contribution in [3.05, 3.63) is 12.1 Å². The molecule has 1 aromatic carbocycles. The SMILES string of the molecule is CSc1cc2c(cc1NC(=O)CC1CC3CCC(C1)N3)OCCO2. The quantitative estimate of drug-likeness (QED) is 0.819. The fourth-order valence-electron chi connectivity index (χ4n) is 4.14. The van der Waals surface area contributed by atoms with Crippen LogP contribution in [-0.4, -0.2) is 37.5 Å². The molecule has 0 aromatic heterocycles. The Morgan fingerprint density at radius 2 is 1.88 bits per heavy atom. The molecule has 3 aliphatic rings. The van der Waals surface area contributed by atoms with E-state index in [2.05, 4.69) is 10.6 Å². The van der Waals surface area contributed by atoms with Crippen molar-refractivity contribution >= 4 is 23.4 Å². The van der Waals surface area contributed by atoms with Gasteiger partial charge in [0.05, 0.1) is 5.69 Å². The number of anilines is 1. The fraction of sp³-hybridized carbons (Fsp3) is 0.611. The molecule has 0 saturated carbocycles. The number of benzene rings is 1. The normalized spacial score (nSPS) is 27.8. The molecular formula is C18H24N2O3S. The van der Waals surface area contributed by atoms with E-state index >= 15 is 0 Å². The summed E-state index contributed by atoms with van der Waals surface area (Å²) in [5, 5.41) is 6.72. The van der Waals surface area contributed by atoms with E-state index in [1.165, 1.54) is 12.8 Å². The van der Waals surface area contributed by atoms with Gasteiger partial charge in [-0.25, -0.2) is 0 Å². The second kappa shape index (κ2) is 6.84. The van der Waals surface area contributed by atoms with Crippen molar-refractivity contribution < 1.29 is 14.3 Å². The van der Waals surface area contributed by atoms with Crippen LogP contribution >= 0.6 is 11.8 Å². The zero-order valence-electron chi connectivity index (χ0n) is 14.0. The molecule has 2 unspecified atom stereocenters. The van der Waals surface area contributed by atoms with Gasteiger partial charge in [0, 0.05) is 29.5 Å². The highest BCUT2D eigenvalue weighted by Gasteiger charge is 2.34. The molecule has 130 valence electrons. The molecule has 2 bridgehead atoms. The Balaban J connectivity index is 1.43. The van der Waals surface area contributed by atoms with Crippen molar-refractivity contribution in [2.24, 2.45) is 5.92 Å². The molecule has 2 atom stereocenters. The Labute approximate surface area is 146 Å². The minimum Gasteiger partial charge on any atom is -0.486 e. The second-order valence-corrected chi connectivity index (χ2v) is 7.77. The van der Waals surface area contributed by atoms with E-state index in [-0.39, 0.29) is 5.91 Å². The number of hydrogen-bond donors (Lipinski definition) is 2. The molecule has 1 amide bonds. The molecule has 2 saturated heterocycles. The molecule has 2 fully saturated rings. The van der Waals surface area contributed by atoms with Crippen LogP contribution in [0.1, 0.15) is 32.1 Å². The number of piperidine rings is 1. The maximum atomic E-state index is 12.5. The molecule has 6 heteroatoms. The van der Waals surface area contributed by atoms with E-state index in [9.17, 15) is 4.79 Å². The van der Waals surface area contributed by atoms with Crippen LogP contribution in [0, 0.1) is 5.92 Å². The van der Waals surface area contributed by atoms with Crippen molar-refractivity contribution in [3.8, 4) is 11.5 Å². The van der Waals surface area contributed by atoms with Crippen molar-refractivity contribution in [1.82, 2.24) is 5.32 Å². The number of hydrogen-bond acceptors (Lipinski definition) is 5. The number of carbonyl (C=O) groups excluding carboxylic acids is 1. The molecule has 3 aliphatic heterocycles. The summed E-state index contributed by atoms with van der Waals surface area (Å²) < 4.78 is 11.3. The predicted octanol–water partition coefficient (Wildman–Crippen LogP) is 3.04. The van der Waals surface area contributed by atoms with E-state index in [0.717, 1.165) is 29.2 Å². The van der Waals surface area contributed by atoms with Crippen LogP contribution in [0.3, 0.4) is 0 Å². The van der Waals surface area contributed by atoms with Gasteiger partial charge in [0.25, 0.3) is 0 Å². The van der Waals surface area contributed by atoms with Crippen LogP contribution in [0.15, 0.2) is 17.0 Å². The van der Waals surface area contributed by atoms with Gasteiger partial charge in [0.1, 0.15) is 13.2 Å². The lowest BCUT2D eigenvalue weighted by Gasteiger charge is -2.28. The number of fused-ring (bicyclic) bond motifs is 3. The molecule has 5 nitrogen and oxygen atoms in total. The van der Waals surface area contributed by atoms with Crippen LogP contribution in [0.4, 0.5) is 5.69 Å². The summed E-state index contributed by atoms with van der Waals surface area (Å²) in [5.41, 5.74) is 0.827.